The lowest BCUT2D eigenvalue weighted by molar-refractivity contribution is 0.0523. The standard InChI is InChI=1S/C21H33FN4O/c22-17-4-6-18(7-5-17)26-13-11-25(12-14-26)10-8-23-20-3-1-2-19(20)21-16-27-15-9-24-21/h4-7,19-21,23-24H,1-3,8-16H2. The van der Waals surface area contributed by atoms with Crippen molar-refractivity contribution in [1.82, 2.24) is 15.5 Å². The van der Waals surface area contributed by atoms with Crippen LogP contribution in [0.4, 0.5) is 10.1 Å². The van der Waals surface area contributed by atoms with E-state index in [1.165, 1.54) is 19.3 Å². The zero-order valence-corrected chi connectivity index (χ0v) is 16.2. The Morgan fingerprint density at radius 2 is 1.93 bits per heavy atom. The second kappa shape index (κ2) is 9.32. The second-order valence-electron chi connectivity index (χ2n) is 8.10. The highest BCUT2D eigenvalue weighted by atomic mass is 19.1. The molecule has 4 rings (SSSR count). The Morgan fingerprint density at radius 1 is 1.11 bits per heavy atom. The maximum Gasteiger partial charge on any atom is 0.123 e. The molecule has 0 bridgehead atoms. The summed E-state index contributed by atoms with van der Waals surface area (Å²) in [5, 5.41) is 7.48. The zero-order valence-electron chi connectivity index (χ0n) is 16.2. The van der Waals surface area contributed by atoms with Crippen LogP contribution in [0.1, 0.15) is 19.3 Å². The summed E-state index contributed by atoms with van der Waals surface area (Å²) < 4.78 is 18.8. The Morgan fingerprint density at radius 3 is 2.67 bits per heavy atom. The lowest BCUT2D eigenvalue weighted by Gasteiger charge is -2.37. The van der Waals surface area contributed by atoms with Crippen LogP contribution in [0, 0.1) is 11.7 Å². The molecule has 1 aromatic rings. The highest BCUT2D eigenvalue weighted by Crippen LogP contribution is 2.29. The summed E-state index contributed by atoms with van der Waals surface area (Å²) in [6.45, 7) is 9.06. The van der Waals surface area contributed by atoms with Crippen molar-refractivity contribution in [3.05, 3.63) is 30.1 Å². The van der Waals surface area contributed by atoms with Gasteiger partial charge < -0.3 is 20.3 Å². The highest BCUT2D eigenvalue weighted by Gasteiger charge is 2.34. The van der Waals surface area contributed by atoms with Crippen molar-refractivity contribution in [3.8, 4) is 0 Å². The first kappa shape index (κ1) is 19.1. The van der Waals surface area contributed by atoms with Crippen molar-refractivity contribution in [2.75, 3.05) is 63.9 Å². The molecule has 3 fully saturated rings. The number of benzene rings is 1. The zero-order chi connectivity index (χ0) is 18.5. The van der Waals surface area contributed by atoms with Gasteiger partial charge in [0, 0.05) is 63.6 Å². The van der Waals surface area contributed by atoms with Crippen LogP contribution in [0.2, 0.25) is 0 Å². The molecule has 2 heterocycles. The topological polar surface area (TPSA) is 39.8 Å². The van der Waals surface area contributed by atoms with Crippen molar-refractivity contribution in [2.45, 2.75) is 31.3 Å². The molecule has 27 heavy (non-hydrogen) atoms. The fraction of sp³-hybridized carbons (Fsp3) is 0.714. The van der Waals surface area contributed by atoms with Crippen molar-refractivity contribution in [3.63, 3.8) is 0 Å². The second-order valence-corrected chi connectivity index (χ2v) is 8.10. The summed E-state index contributed by atoms with van der Waals surface area (Å²) in [5.74, 6) is 0.546. The van der Waals surface area contributed by atoms with Crippen molar-refractivity contribution in [2.24, 2.45) is 5.92 Å². The third-order valence-corrected chi connectivity index (χ3v) is 6.44. The Balaban J connectivity index is 1.17. The Hall–Kier alpha value is -1.21. The average molecular weight is 377 g/mol. The molecule has 1 aromatic carbocycles. The Labute approximate surface area is 162 Å². The predicted octanol–water partition coefficient (Wildman–Crippen LogP) is 1.69. The lowest BCUT2D eigenvalue weighted by atomic mass is 9.94. The van der Waals surface area contributed by atoms with Gasteiger partial charge in [-0.2, -0.15) is 0 Å². The molecule has 150 valence electrons. The first-order chi connectivity index (χ1) is 13.3. The van der Waals surface area contributed by atoms with Gasteiger partial charge in [0.05, 0.1) is 13.2 Å². The van der Waals surface area contributed by atoms with E-state index in [2.05, 4.69) is 20.4 Å². The van der Waals surface area contributed by atoms with E-state index >= 15 is 0 Å². The van der Waals surface area contributed by atoms with E-state index in [1.54, 1.807) is 12.1 Å². The van der Waals surface area contributed by atoms with Crippen molar-refractivity contribution in [1.29, 1.82) is 0 Å². The molecule has 1 aliphatic carbocycles. The van der Waals surface area contributed by atoms with E-state index in [9.17, 15) is 4.39 Å². The van der Waals surface area contributed by atoms with E-state index in [0.717, 1.165) is 64.7 Å². The third-order valence-electron chi connectivity index (χ3n) is 6.44. The van der Waals surface area contributed by atoms with Crippen LogP contribution in [-0.2, 0) is 4.74 Å². The fourth-order valence-corrected chi connectivity index (χ4v) is 4.87. The monoisotopic (exact) mass is 376 g/mol. The third kappa shape index (κ3) is 4.99. The summed E-state index contributed by atoms with van der Waals surface area (Å²) in [6, 6.07) is 8.03. The van der Waals surface area contributed by atoms with Gasteiger partial charge in [0.1, 0.15) is 5.82 Å². The van der Waals surface area contributed by atoms with Crippen molar-refractivity contribution >= 4 is 5.69 Å². The molecule has 1 saturated carbocycles. The van der Waals surface area contributed by atoms with Gasteiger partial charge in [-0.3, -0.25) is 4.90 Å². The average Bonchev–Trinajstić information content (AvgIpc) is 3.18. The highest BCUT2D eigenvalue weighted by molar-refractivity contribution is 5.46. The number of hydrogen-bond acceptors (Lipinski definition) is 5. The van der Waals surface area contributed by atoms with Crippen LogP contribution in [0.3, 0.4) is 0 Å². The van der Waals surface area contributed by atoms with Crippen LogP contribution >= 0.6 is 0 Å². The van der Waals surface area contributed by atoms with Gasteiger partial charge in [-0.05, 0) is 43.0 Å². The van der Waals surface area contributed by atoms with Gasteiger partial charge in [-0.25, -0.2) is 4.39 Å². The maximum absolute atomic E-state index is 13.1. The van der Waals surface area contributed by atoms with E-state index < -0.39 is 0 Å². The first-order valence-electron chi connectivity index (χ1n) is 10.6. The van der Waals surface area contributed by atoms with E-state index in [-0.39, 0.29) is 5.82 Å². The molecule has 2 aliphatic heterocycles. The molecule has 0 amide bonds. The normalized spacial score (nSPS) is 30.0. The summed E-state index contributed by atoms with van der Waals surface area (Å²) in [7, 11) is 0. The number of ether oxygens (including phenoxy) is 1. The largest absolute Gasteiger partial charge is 0.379 e. The number of hydrogen-bond donors (Lipinski definition) is 2. The van der Waals surface area contributed by atoms with Crippen LogP contribution in [0.15, 0.2) is 24.3 Å². The summed E-state index contributed by atoms with van der Waals surface area (Å²) in [5.41, 5.74) is 1.13. The molecule has 3 unspecified atom stereocenters. The molecular weight excluding hydrogens is 343 g/mol. The lowest BCUT2D eigenvalue weighted by Crippen LogP contribution is -2.52. The number of nitrogens with zero attached hydrogens (tertiary/aromatic N) is 2. The van der Waals surface area contributed by atoms with E-state index in [0.29, 0.717) is 18.0 Å². The maximum atomic E-state index is 13.1. The molecule has 0 aromatic heterocycles. The Bertz CT molecular complexity index is 570. The van der Waals surface area contributed by atoms with Crippen LogP contribution in [-0.4, -0.2) is 76.0 Å². The number of piperazine rings is 1. The number of halogens is 1. The van der Waals surface area contributed by atoms with Crippen LogP contribution in [0.25, 0.3) is 0 Å². The number of nitrogens with one attached hydrogen (secondary N) is 2. The minimum Gasteiger partial charge on any atom is -0.379 e. The Kier molecular flexibility index (Phi) is 6.60. The van der Waals surface area contributed by atoms with Gasteiger partial charge in [-0.1, -0.05) is 6.42 Å². The number of rotatable bonds is 6. The molecule has 2 saturated heterocycles. The fourth-order valence-electron chi connectivity index (χ4n) is 4.87. The SMILES string of the molecule is Fc1ccc(N2CCN(CCNC3CCCC3C3COCCN3)CC2)cc1. The molecule has 5 nitrogen and oxygen atoms in total. The minimum atomic E-state index is -0.163. The van der Waals surface area contributed by atoms with Gasteiger partial charge >= 0.3 is 0 Å². The quantitative estimate of drug-likeness (QED) is 0.791. The van der Waals surface area contributed by atoms with Gasteiger partial charge in [0.2, 0.25) is 0 Å². The smallest absolute Gasteiger partial charge is 0.123 e. The summed E-state index contributed by atoms with van der Waals surface area (Å²) in [4.78, 5) is 4.89. The van der Waals surface area contributed by atoms with E-state index in [1.807, 2.05) is 12.1 Å². The molecule has 3 aliphatic rings. The molecular formula is C21H33FN4O. The van der Waals surface area contributed by atoms with Gasteiger partial charge in [0.25, 0.3) is 0 Å². The van der Waals surface area contributed by atoms with Gasteiger partial charge in [-0.15, -0.1) is 0 Å². The van der Waals surface area contributed by atoms with Crippen LogP contribution < -0.4 is 15.5 Å². The van der Waals surface area contributed by atoms with Gasteiger partial charge in [0.15, 0.2) is 0 Å². The molecule has 3 atom stereocenters. The summed E-state index contributed by atoms with van der Waals surface area (Å²) >= 11 is 0. The number of anilines is 1. The predicted molar refractivity (Wildman–Crippen MR) is 107 cm³/mol. The molecule has 2 N–H and O–H groups in total. The first-order valence-corrected chi connectivity index (χ1v) is 10.6. The molecule has 0 spiro atoms. The van der Waals surface area contributed by atoms with E-state index in [4.69, 9.17) is 4.74 Å². The summed E-state index contributed by atoms with van der Waals surface area (Å²) in [6.07, 6.45) is 3.94. The molecule has 0 radical (unpaired) electrons. The number of morpholine rings is 1. The minimum absolute atomic E-state index is 0.163. The molecule has 6 heteroatoms. The van der Waals surface area contributed by atoms with Crippen LogP contribution in [0.5, 0.6) is 0 Å². The van der Waals surface area contributed by atoms with Crippen molar-refractivity contribution < 1.29 is 9.13 Å².